The third-order valence-electron chi connectivity index (χ3n) is 20.3. The van der Waals surface area contributed by atoms with Gasteiger partial charge in [-0.3, -0.25) is 48.2 Å². The zero-order chi connectivity index (χ0) is 80.7. The molecule has 4 aliphatic heterocycles. The van der Waals surface area contributed by atoms with Gasteiger partial charge in [0.2, 0.25) is 23.6 Å². The van der Waals surface area contributed by atoms with Gasteiger partial charge in [-0.15, -0.1) is 32.1 Å². The van der Waals surface area contributed by atoms with E-state index in [-0.39, 0.29) is 110 Å². The van der Waals surface area contributed by atoms with Gasteiger partial charge in [-0.2, -0.15) is 0 Å². The van der Waals surface area contributed by atoms with Crippen molar-refractivity contribution < 1.29 is 118 Å². The molecule has 10 fully saturated rings. The van der Waals surface area contributed by atoms with Crippen LogP contribution in [-0.2, 0) is 86.9 Å². The van der Waals surface area contributed by atoms with Gasteiger partial charge in [0.15, 0.2) is 46.9 Å². The lowest BCUT2D eigenvalue weighted by molar-refractivity contribution is -0.161. The number of carbonyl (C=O) groups is 11. The number of carboxylic acid groups (broad SMARTS) is 1. The van der Waals surface area contributed by atoms with Crippen molar-refractivity contribution in [1.29, 1.82) is 0 Å². The Hall–Kier alpha value is -6.47. The van der Waals surface area contributed by atoms with Crippen LogP contribution in [0.3, 0.4) is 0 Å². The van der Waals surface area contributed by atoms with E-state index >= 15 is 0 Å². The molecule has 36 heteroatoms. The molecule has 4 saturated heterocycles. The summed E-state index contributed by atoms with van der Waals surface area (Å²) in [5.41, 5.74) is -6.68. The first-order chi connectivity index (χ1) is 49.1. The number of hydrogen-bond acceptors (Lipinski definition) is 25. The number of aliphatic hydroxyl groups excluding tert-OH is 4. The van der Waals surface area contributed by atoms with E-state index in [4.69, 9.17) is 19.3 Å². The molecule has 626 valence electrons. The SMILES string of the molecule is C.C.C=CC1CC1(NC(=O)[C@@H]1C[C@@H](O)CN1)C(=O)CS(=O)(=O)C1CC1.C=CC1CC1(NC(=O)[C@@H]1C[C@@H](O)CN1C(=O)OC(C)(C)C)C(=O)CS(=O)(=O)C1CC1.C=CC1CC1(NC(=O)[C@@H]1C[C@@H](O)CN1C(=O)[C@@H](CC(=O)OC(C)(C)C)C(C)(C)C)C(=O)CS(=O)(=O)C1CC1.CC(C)(C)OC(=O)N1C[C@H](O)C[C@H]1C(=O)O.Cl. The van der Waals surface area contributed by atoms with Crippen molar-refractivity contribution in [2.24, 2.45) is 29.1 Å². The summed E-state index contributed by atoms with van der Waals surface area (Å²) in [6.07, 6.45) is 4.38. The van der Waals surface area contributed by atoms with E-state index in [1.54, 1.807) is 68.4 Å². The van der Waals surface area contributed by atoms with Crippen molar-refractivity contribution in [3.63, 3.8) is 0 Å². The molecule has 6 amide bonds. The highest BCUT2D eigenvalue weighted by Gasteiger charge is 2.64. The summed E-state index contributed by atoms with van der Waals surface area (Å²) < 4.78 is 89.4. The van der Waals surface area contributed by atoms with Crippen LogP contribution in [-0.4, -0.2) is 272 Å². The maximum Gasteiger partial charge on any atom is 0.411 e. The van der Waals surface area contributed by atoms with Gasteiger partial charge in [0.25, 0.3) is 0 Å². The Balaban J connectivity index is 0.000000319. The Labute approximate surface area is 653 Å². The van der Waals surface area contributed by atoms with Crippen LogP contribution >= 0.6 is 12.4 Å². The number of carboxylic acids is 1. The molecule has 32 nitrogen and oxygen atoms in total. The Morgan fingerprint density at radius 2 is 0.791 bits per heavy atom. The standard InChI is InChI=1S/C27H42N2O8S.C20H30N2O7S.C15H22N2O5S.C10H17NO5.2CH4.ClH/c1-8-16-13-27(16,21(31)15-38(35,36)18-9-10-18)28-23(33)20-11-17(30)14-29(20)24(34)19(25(2,3)4)12-22(32)37-26(5,6)7;1-5-12-9-20(12,16(24)11-30(27,28)14-6-7-14)21-17(25)15-8-13(23)10-22(15)18(26)29-19(2,3)4;1-2-9-6-15(9,13(19)8-23(21,22)11-3-4-11)17-14(20)12-5-10(18)7-16-12;1-10(2,3)16-9(15)11-5-6(12)4-7(11)8(13)14;;;/h8,16-20,30H,1,9-15H2,2-7H3,(H,28,33);5,12-15,23H,1,6-11H2,2-4H3,(H,21,25);2,9-12,16,18H,1,3-8H2,(H,17,20);6-7,12H,4-5H2,1-3H3,(H,13,14);2*1H4;1H/t16?,17-,19-,20+,27?;12?,13-,15+,20?;9?,10-,12+,15?;6-,7+;;;/m1111.../s1. The van der Waals surface area contributed by atoms with Crippen LogP contribution in [0.2, 0.25) is 0 Å². The fourth-order valence-corrected chi connectivity index (χ4v) is 18.8. The number of ether oxygens (including phenoxy) is 3. The van der Waals surface area contributed by atoms with Crippen LogP contribution in [0.4, 0.5) is 9.59 Å². The molecule has 0 spiro atoms. The topological polar surface area (TPSA) is 477 Å². The van der Waals surface area contributed by atoms with Crippen LogP contribution in [0, 0.1) is 29.1 Å². The number of Topliss-reactive ketones (excluding diaryl/α,β-unsaturated/α-hetero) is 3. The molecule has 0 radical (unpaired) electrons. The first-order valence-electron chi connectivity index (χ1n) is 36.4. The Morgan fingerprint density at radius 3 is 1.07 bits per heavy atom. The Morgan fingerprint density at radius 1 is 0.482 bits per heavy atom. The third-order valence-corrected chi connectivity index (χ3v) is 26.8. The van der Waals surface area contributed by atoms with Crippen LogP contribution in [0.15, 0.2) is 38.0 Å². The molecule has 6 aliphatic carbocycles. The predicted molar refractivity (Wildman–Crippen MR) is 408 cm³/mol. The molecule has 6 unspecified atom stereocenters. The van der Waals surface area contributed by atoms with Crippen molar-refractivity contribution in [2.45, 2.75) is 286 Å². The number of likely N-dealkylation sites (tertiary alicyclic amines) is 3. The average Bonchev–Trinajstić information content (AvgIpc) is 1.58. The second-order valence-electron chi connectivity index (χ2n) is 34.2. The molecule has 110 heavy (non-hydrogen) atoms. The van der Waals surface area contributed by atoms with Crippen LogP contribution in [0.5, 0.6) is 0 Å². The van der Waals surface area contributed by atoms with E-state index in [0.717, 1.165) is 9.80 Å². The number of ketones is 3. The monoisotopic (exact) mass is 1640 g/mol. The molecule has 10 rings (SSSR count). The molecular weight excluding hydrogens is 1520 g/mol. The van der Waals surface area contributed by atoms with Gasteiger partial charge in [-0.25, -0.2) is 39.6 Å². The minimum atomic E-state index is -3.58. The first-order valence-corrected chi connectivity index (χ1v) is 41.5. The summed E-state index contributed by atoms with van der Waals surface area (Å²) in [5.74, 6) is -9.00. The number of hydrogen-bond donors (Lipinski definition) is 9. The van der Waals surface area contributed by atoms with Crippen LogP contribution in [0.25, 0.3) is 0 Å². The van der Waals surface area contributed by atoms with Gasteiger partial charge >= 0.3 is 24.1 Å². The largest absolute Gasteiger partial charge is 0.480 e. The molecule has 6 saturated carbocycles. The number of rotatable bonds is 25. The highest BCUT2D eigenvalue weighted by molar-refractivity contribution is 7.93. The quantitative estimate of drug-likeness (QED) is 0.0360. The van der Waals surface area contributed by atoms with Crippen molar-refractivity contribution in [1.82, 2.24) is 36.0 Å². The molecule has 9 N–H and O–H groups in total. The normalized spacial score (nSPS) is 29.7. The highest BCUT2D eigenvalue weighted by Crippen LogP contribution is 2.49. The molecule has 10 aliphatic rings. The third kappa shape index (κ3) is 24.8. The fourth-order valence-electron chi connectivity index (χ4n) is 13.7. The first kappa shape index (κ1) is 95.9. The minimum Gasteiger partial charge on any atom is -0.480 e. The molecular formula is C74H120ClN7O25S3. The number of carbonyl (C=O) groups excluding carboxylic acids is 10. The van der Waals surface area contributed by atoms with Crippen molar-refractivity contribution in [3.05, 3.63) is 38.0 Å². The van der Waals surface area contributed by atoms with Crippen LogP contribution in [0.1, 0.15) is 188 Å². The molecule has 0 aromatic rings. The second-order valence-corrected chi connectivity index (χ2v) is 41.0. The van der Waals surface area contributed by atoms with Gasteiger partial charge in [0.05, 0.1) is 71.6 Å². The number of amides is 6. The lowest BCUT2D eigenvalue weighted by Crippen LogP contribution is -2.55. The summed E-state index contributed by atoms with van der Waals surface area (Å²) in [6, 6.07) is -3.63. The maximum atomic E-state index is 13.7. The van der Waals surface area contributed by atoms with Gasteiger partial charge in [-0.05, 0) is 132 Å². The molecule has 0 aromatic carbocycles. The van der Waals surface area contributed by atoms with Gasteiger partial charge < -0.3 is 65.9 Å². The lowest BCUT2D eigenvalue weighted by atomic mass is 9.77. The maximum absolute atomic E-state index is 13.7. The van der Waals surface area contributed by atoms with Gasteiger partial charge in [0, 0.05) is 50.1 Å². The number of aliphatic hydroxyl groups is 4. The van der Waals surface area contributed by atoms with Crippen molar-refractivity contribution in [3.8, 4) is 0 Å². The number of β-amino-alcohol motifs (C(OH)–C–C–N with tert-alkyl or cyclic N) is 4. The zero-order valence-electron chi connectivity index (χ0n) is 63.7. The number of esters is 1. The zero-order valence-corrected chi connectivity index (χ0v) is 67.0. The molecule has 0 bridgehead atoms. The van der Waals surface area contributed by atoms with Gasteiger partial charge in [-0.1, -0.05) is 53.9 Å². The summed E-state index contributed by atoms with van der Waals surface area (Å²) in [6.45, 7) is 32.0. The summed E-state index contributed by atoms with van der Waals surface area (Å²) >= 11 is 0. The summed E-state index contributed by atoms with van der Waals surface area (Å²) in [4.78, 5) is 142. The second kappa shape index (κ2) is 35.9. The Kier molecular flexibility index (Phi) is 31.3. The number of nitrogens with zero attached hydrogens (tertiary/aromatic N) is 3. The predicted octanol–water partition coefficient (Wildman–Crippen LogP) is 3.17. The molecule has 15 atom stereocenters. The number of halogens is 1. The number of sulfone groups is 3. The highest BCUT2D eigenvalue weighted by atomic mass is 35.5. The molecule has 0 aromatic heterocycles. The van der Waals surface area contributed by atoms with E-state index < -0.39 is 221 Å². The smallest absolute Gasteiger partial charge is 0.411 e. The summed E-state index contributed by atoms with van der Waals surface area (Å²) in [7, 11) is -10.5. The van der Waals surface area contributed by atoms with E-state index in [9.17, 15) is 98.4 Å². The minimum absolute atomic E-state index is 0. The van der Waals surface area contributed by atoms with Crippen molar-refractivity contribution in [2.75, 3.05) is 43.4 Å². The Bertz CT molecular complexity index is 3840. The van der Waals surface area contributed by atoms with E-state index in [0.29, 0.717) is 51.5 Å². The van der Waals surface area contributed by atoms with E-state index in [2.05, 4.69) is 41.0 Å². The molecule has 4 heterocycles. The average molecular weight is 1640 g/mol. The van der Waals surface area contributed by atoms with Crippen LogP contribution < -0.4 is 21.3 Å². The van der Waals surface area contributed by atoms with E-state index in [1.165, 1.54) is 17.1 Å². The van der Waals surface area contributed by atoms with E-state index in [1.807, 2.05) is 20.8 Å². The lowest BCUT2D eigenvalue weighted by Gasteiger charge is -2.35. The number of nitrogens with one attached hydrogen (secondary N) is 4. The van der Waals surface area contributed by atoms with Gasteiger partial charge in [0.1, 0.15) is 68.8 Å². The van der Waals surface area contributed by atoms with Crippen molar-refractivity contribution >= 4 is 107 Å². The summed E-state index contributed by atoms with van der Waals surface area (Å²) in [5, 5.41) is 57.8. The fraction of sp³-hybridized carbons (Fsp3) is 0.770. The number of aliphatic carboxylic acids is 1.